The third-order valence-electron chi connectivity index (χ3n) is 3.84. The Labute approximate surface area is 151 Å². The fourth-order valence-corrected chi connectivity index (χ4v) is 4.32. The van der Waals surface area contributed by atoms with E-state index in [0.717, 1.165) is 28.3 Å². The molecule has 3 heterocycles. The second-order valence-electron chi connectivity index (χ2n) is 5.46. The monoisotopic (exact) mass is 372 g/mol. The van der Waals surface area contributed by atoms with Gasteiger partial charge in [0.15, 0.2) is 5.16 Å². The van der Waals surface area contributed by atoms with Gasteiger partial charge in [-0.15, -0.1) is 11.3 Å². The first-order valence-corrected chi connectivity index (χ1v) is 9.66. The number of hydrogen-bond donors (Lipinski definition) is 1. The Morgan fingerprint density at radius 3 is 3.00 bits per heavy atom. The highest BCUT2D eigenvalue weighted by atomic mass is 32.2. The number of fused-ring (bicyclic) bond motifs is 2. The first-order chi connectivity index (χ1) is 12.3. The number of imidazole rings is 1. The minimum absolute atomic E-state index is 0.0801. The SMILES string of the molecule is COCCn1c(SCc2nc3ccsc3c(=O)[nH]2)nc2ccccc21. The molecule has 0 saturated heterocycles. The third-order valence-corrected chi connectivity index (χ3v) is 5.73. The van der Waals surface area contributed by atoms with Gasteiger partial charge in [0.05, 0.1) is 28.9 Å². The lowest BCUT2D eigenvalue weighted by molar-refractivity contribution is 0.186. The molecule has 0 aliphatic heterocycles. The van der Waals surface area contributed by atoms with Crippen LogP contribution < -0.4 is 5.56 Å². The summed E-state index contributed by atoms with van der Waals surface area (Å²) in [4.78, 5) is 24.2. The Kier molecular flexibility index (Phi) is 4.56. The first kappa shape index (κ1) is 16.3. The van der Waals surface area contributed by atoms with E-state index in [0.29, 0.717) is 22.9 Å². The van der Waals surface area contributed by atoms with Gasteiger partial charge in [-0.05, 0) is 23.6 Å². The Bertz CT molecular complexity index is 1080. The minimum Gasteiger partial charge on any atom is -0.383 e. The molecule has 8 heteroatoms. The zero-order chi connectivity index (χ0) is 17.2. The Morgan fingerprint density at radius 2 is 2.12 bits per heavy atom. The van der Waals surface area contributed by atoms with Gasteiger partial charge in [-0.2, -0.15) is 0 Å². The summed E-state index contributed by atoms with van der Waals surface area (Å²) in [6, 6.07) is 9.91. The van der Waals surface area contributed by atoms with Crippen LogP contribution in [0, 0.1) is 0 Å². The number of aromatic nitrogens is 4. The molecular formula is C17H16N4O2S2. The Morgan fingerprint density at radius 1 is 1.24 bits per heavy atom. The molecule has 0 aliphatic carbocycles. The van der Waals surface area contributed by atoms with E-state index < -0.39 is 0 Å². The maximum Gasteiger partial charge on any atom is 0.268 e. The van der Waals surface area contributed by atoms with Crippen LogP contribution in [0.5, 0.6) is 0 Å². The number of nitrogens with zero attached hydrogens (tertiary/aromatic N) is 3. The molecule has 0 saturated carbocycles. The van der Waals surface area contributed by atoms with Crippen molar-refractivity contribution in [2.45, 2.75) is 17.5 Å². The summed E-state index contributed by atoms with van der Waals surface area (Å²) in [5, 5.41) is 2.78. The molecule has 128 valence electrons. The molecule has 0 spiro atoms. The molecule has 4 aromatic rings. The summed E-state index contributed by atoms with van der Waals surface area (Å²) in [5.41, 5.74) is 2.70. The van der Waals surface area contributed by atoms with E-state index in [9.17, 15) is 4.79 Å². The number of hydrogen-bond acceptors (Lipinski definition) is 6. The summed E-state index contributed by atoms with van der Waals surface area (Å²) in [6.07, 6.45) is 0. The maximum atomic E-state index is 12.1. The second-order valence-corrected chi connectivity index (χ2v) is 7.32. The van der Waals surface area contributed by atoms with Gasteiger partial charge in [-0.3, -0.25) is 4.79 Å². The largest absolute Gasteiger partial charge is 0.383 e. The summed E-state index contributed by atoms with van der Waals surface area (Å²) >= 11 is 2.97. The summed E-state index contributed by atoms with van der Waals surface area (Å²) in [6.45, 7) is 1.34. The Hall–Kier alpha value is -2.16. The molecule has 0 radical (unpaired) electrons. The molecule has 4 rings (SSSR count). The number of H-pyrrole nitrogens is 1. The average Bonchev–Trinajstić information content (AvgIpc) is 3.22. The van der Waals surface area contributed by atoms with Gasteiger partial charge in [0.1, 0.15) is 10.5 Å². The molecule has 0 unspecified atom stereocenters. The van der Waals surface area contributed by atoms with Gasteiger partial charge < -0.3 is 14.3 Å². The Balaban J connectivity index is 1.64. The fraction of sp³-hybridized carbons (Fsp3) is 0.235. The van der Waals surface area contributed by atoms with E-state index in [-0.39, 0.29) is 5.56 Å². The van der Waals surface area contributed by atoms with E-state index >= 15 is 0 Å². The number of nitrogens with one attached hydrogen (secondary N) is 1. The van der Waals surface area contributed by atoms with Crippen LogP contribution in [0.1, 0.15) is 5.82 Å². The number of benzene rings is 1. The predicted molar refractivity (Wildman–Crippen MR) is 101 cm³/mol. The van der Waals surface area contributed by atoms with Crippen molar-refractivity contribution in [3.63, 3.8) is 0 Å². The van der Waals surface area contributed by atoms with Crippen LogP contribution in [-0.4, -0.2) is 33.2 Å². The number of rotatable bonds is 6. The lowest BCUT2D eigenvalue weighted by atomic mass is 10.3. The minimum atomic E-state index is -0.0801. The van der Waals surface area contributed by atoms with Crippen LogP contribution in [0.4, 0.5) is 0 Å². The molecule has 6 nitrogen and oxygen atoms in total. The number of para-hydroxylation sites is 2. The van der Waals surface area contributed by atoms with Crippen molar-refractivity contribution in [1.82, 2.24) is 19.5 Å². The van der Waals surface area contributed by atoms with Crippen molar-refractivity contribution >= 4 is 44.3 Å². The molecule has 3 aromatic heterocycles. The standard InChI is InChI=1S/C17H16N4O2S2/c1-23-8-7-21-13-5-3-2-4-11(13)19-17(21)25-10-14-18-12-6-9-24-15(12)16(22)20-14/h2-6,9H,7-8,10H2,1H3,(H,18,20,22). The lowest BCUT2D eigenvalue weighted by Crippen LogP contribution is -2.10. The second kappa shape index (κ2) is 6.99. The smallest absolute Gasteiger partial charge is 0.268 e. The zero-order valence-corrected chi connectivity index (χ0v) is 15.2. The molecule has 25 heavy (non-hydrogen) atoms. The van der Waals surface area contributed by atoms with Gasteiger partial charge in [-0.25, -0.2) is 9.97 Å². The van der Waals surface area contributed by atoms with Crippen LogP contribution in [0.15, 0.2) is 45.7 Å². The molecular weight excluding hydrogens is 356 g/mol. The maximum absolute atomic E-state index is 12.1. The molecule has 0 amide bonds. The van der Waals surface area contributed by atoms with Gasteiger partial charge in [0.25, 0.3) is 5.56 Å². The van der Waals surface area contributed by atoms with Crippen molar-refractivity contribution in [3.8, 4) is 0 Å². The van der Waals surface area contributed by atoms with Crippen LogP contribution in [0.2, 0.25) is 0 Å². The number of aromatic amines is 1. The van der Waals surface area contributed by atoms with Gasteiger partial charge in [-0.1, -0.05) is 23.9 Å². The summed E-state index contributed by atoms with van der Waals surface area (Å²) in [7, 11) is 1.69. The van der Waals surface area contributed by atoms with E-state index in [1.807, 2.05) is 29.6 Å². The van der Waals surface area contributed by atoms with Crippen LogP contribution >= 0.6 is 23.1 Å². The quantitative estimate of drug-likeness (QED) is 0.526. The van der Waals surface area contributed by atoms with Crippen molar-refractivity contribution in [2.75, 3.05) is 13.7 Å². The van der Waals surface area contributed by atoms with Crippen molar-refractivity contribution in [1.29, 1.82) is 0 Å². The highest BCUT2D eigenvalue weighted by molar-refractivity contribution is 7.98. The van der Waals surface area contributed by atoms with Crippen LogP contribution in [0.3, 0.4) is 0 Å². The number of methoxy groups -OCH3 is 1. The summed E-state index contributed by atoms with van der Waals surface area (Å²) < 4.78 is 8.03. The van der Waals surface area contributed by atoms with E-state index in [2.05, 4.69) is 20.6 Å². The molecule has 0 aliphatic rings. The normalized spacial score (nSPS) is 11.6. The van der Waals surface area contributed by atoms with Crippen molar-refractivity contribution in [3.05, 3.63) is 51.9 Å². The lowest BCUT2D eigenvalue weighted by Gasteiger charge is -2.08. The summed E-state index contributed by atoms with van der Waals surface area (Å²) in [5.74, 6) is 1.21. The van der Waals surface area contributed by atoms with Gasteiger partial charge in [0.2, 0.25) is 0 Å². The molecule has 0 atom stereocenters. The van der Waals surface area contributed by atoms with E-state index in [1.165, 1.54) is 11.3 Å². The van der Waals surface area contributed by atoms with Gasteiger partial charge in [0, 0.05) is 13.7 Å². The molecule has 0 fully saturated rings. The highest BCUT2D eigenvalue weighted by Gasteiger charge is 2.12. The number of ether oxygens (including phenoxy) is 1. The fourth-order valence-electron chi connectivity index (χ4n) is 2.69. The number of thiophene rings is 1. The average molecular weight is 372 g/mol. The van der Waals surface area contributed by atoms with E-state index in [4.69, 9.17) is 9.72 Å². The third kappa shape index (κ3) is 3.20. The number of thioether (sulfide) groups is 1. The van der Waals surface area contributed by atoms with Crippen molar-refractivity contribution < 1.29 is 4.74 Å². The van der Waals surface area contributed by atoms with Crippen molar-refractivity contribution in [2.24, 2.45) is 0 Å². The highest BCUT2D eigenvalue weighted by Crippen LogP contribution is 2.26. The first-order valence-electron chi connectivity index (χ1n) is 7.79. The molecule has 0 bridgehead atoms. The topological polar surface area (TPSA) is 72.8 Å². The van der Waals surface area contributed by atoms with Crippen LogP contribution in [-0.2, 0) is 17.0 Å². The van der Waals surface area contributed by atoms with Crippen LogP contribution in [0.25, 0.3) is 21.3 Å². The molecule has 1 aromatic carbocycles. The zero-order valence-electron chi connectivity index (χ0n) is 13.6. The van der Waals surface area contributed by atoms with E-state index in [1.54, 1.807) is 18.9 Å². The van der Waals surface area contributed by atoms with Gasteiger partial charge >= 0.3 is 0 Å². The molecule has 1 N–H and O–H groups in total. The predicted octanol–water partition coefficient (Wildman–Crippen LogP) is 3.27.